The Morgan fingerprint density at radius 3 is 2.76 bits per heavy atom. The van der Waals surface area contributed by atoms with Crippen molar-refractivity contribution in [2.75, 3.05) is 19.1 Å². The first-order valence-electron chi connectivity index (χ1n) is 11.0. The van der Waals surface area contributed by atoms with Gasteiger partial charge in [-0.15, -0.1) is 0 Å². The van der Waals surface area contributed by atoms with E-state index in [1.807, 2.05) is 23.0 Å². The van der Waals surface area contributed by atoms with Crippen LogP contribution in [0.2, 0.25) is 0 Å². The summed E-state index contributed by atoms with van der Waals surface area (Å²) in [5.74, 6) is 0.774. The van der Waals surface area contributed by atoms with Gasteiger partial charge in [0.1, 0.15) is 6.29 Å². The molecule has 0 bridgehead atoms. The third-order valence-electron chi connectivity index (χ3n) is 6.48. The molecule has 33 heavy (non-hydrogen) atoms. The second-order valence-electron chi connectivity index (χ2n) is 8.35. The van der Waals surface area contributed by atoms with E-state index in [1.165, 1.54) is 7.11 Å². The lowest BCUT2D eigenvalue weighted by Gasteiger charge is -2.27. The number of carbonyl (C=O) groups is 2. The van der Waals surface area contributed by atoms with Crippen molar-refractivity contribution >= 4 is 17.9 Å². The first-order chi connectivity index (χ1) is 16.1. The molecule has 1 saturated carbocycles. The molecule has 1 fully saturated rings. The molecule has 0 N–H and O–H groups in total. The van der Waals surface area contributed by atoms with Gasteiger partial charge < -0.3 is 14.3 Å². The Morgan fingerprint density at radius 1 is 1.12 bits per heavy atom. The van der Waals surface area contributed by atoms with Crippen molar-refractivity contribution in [3.63, 3.8) is 0 Å². The predicted octanol–water partition coefficient (Wildman–Crippen LogP) is 3.45. The molecule has 2 atom stereocenters. The average molecular weight is 447 g/mol. The zero-order valence-electron chi connectivity index (χ0n) is 18.6. The number of hydrogen-bond acceptors (Lipinski definition) is 7. The van der Waals surface area contributed by atoms with Crippen LogP contribution in [0.3, 0.4) is 0 Å². The van der Waals surface area contributed by atoms with Crippen molar-refractivity contribution in [2.45, 2.75) is 38.3 Å². The van der Waals surface area contributed by atoms with Gasteiger partial charge in [-0.3, -0.25) is 19.4 Å². The molecule has 3 aromatic heterocycles. The number of methoxy groups -OCH3 is 2. The number of ether oxygens (including phenoxy) is 2. The van der Waals surface area contributed by atoms with Crippen LogP contribution in [0, 0.1) is 5.92 Å². The summed E-state index contributed by atoms with van der Waals surface area (Å²) in [6, 6.07) is 5.47. The molecule has 2 unspecified atom stereocenters. The largest absolute Gasteiger partial charge is 0.491 e. The van der Waals surface area contributed by atoms with E-state index >= 15 is 0 Å². The van der Waals surface area contributed by atoms with Gasteiger partial charge in [-0.05, 0) is 31.0 Å². The fourth-order valence-electron chi connectivity index (χ4n) is 4.70. The lowest BCUT2D eigenvalue weighted by Crippen LogP contribution is -2.25. The van der Waals surface area contributed by atoms with E-state index in [0.29, 0.717) is 40.8 Å². The number of hydrogen-bond donors (Lipinski definition) is 0. The summed E-state index contributed by atoms with van der Waals surface area (Å²) in [5.41, 5.74) is 3.45. The van der Waals surface area contributed by atoms with Gasteiger partial charge in [-0.2, -0.15) is 5.10 Å². The maximum Gasteiger partial charge on any atom is 0.260 e. The van der Waals surface area contributed by atoms with Gasteiger partial charge in [0.15, 0.2) is 5.75 Å². The molecule has 0 saturated heterocycles. The van der Waals surface area contributed by atoms with Crippen LogP contribution in [-0.4, -0.2) is 46.2 Å². The standard InChI is InChI=1S/C24H25N5O4/c1-32-22-9-16(10-25-23(22)33-2)19-8-7-18-20(27-19)13-28(24(18)31)17-11-26-29(12-17)21-6-4-3-5-15(21)14-30/h7-12,14-15,21H,3-6,13H2,1-2H3. The van der Waals surface area contributed by atoms with Crippen molar-refractivity contribution in [1.29, 1.82) is 0 Å². The molecule has 4 heterocycles. The molecule has 0 aromatic carbocycles. The maximum absolute atomic E-state index is 13.1. The van der Waals surface area contributed by atoms with Crippen LogP contribution in [0.25, 0.3) is 11.3 Å². The van der Waals surface area contributed by atoms with Gasteiger partial charge in [0.25, 0.3) is 11.8 Å². The van der Waals surface area contributed by atoms with Crippen LogP contribution in [0.15, 0.2) is 36.8 Å². The van der Waals surface area contributed by atoms with Crippen molar-refractivity contribution in [3.8, 4) is 22.9 Å². The second kappa shape index (κ2) is 8.65. The topological polar surface area (TPSA) is 99.4 Å². The van der Waals surface area contributed by atoms with Crippen molar-refractivity contribution < 1.29 is 19.1 Å². The van der Waals surface area contributed by atoms with E-state index in [9.17, 15) is 9.59 Å². The first-order valence-corrected chi connectivity index (χ1v) is 11.0. The molecular formula is C24H25N5O4. The Hall–Kier alpha value is -3.75. The van der Waals surface area contributed by atoms with Crippen LogP contribution in [0.5, 0.6) is 11.6 Å². The highest BCUT2D eigenvalue weighted by Crippen LogP contribution is 2.35. The quantitative estimate of drug-likeness (QED) is 0.534. The van der Waals surface area contributed by atoms with E-state index in [-0.39, 0.29) is 17.9 Å². The SMILES string of the molecule is COc1cc(-c2ccc3c(n2)CN(c2cnn(C4CCCCC4C=O)c2)C3=O)cnc1OC. The zero-order valence-corrected chi connectivity index (χ0v) is 18.6. The fraction of sp³-hybridized carbons (Fsp3) is 0.375. The average Bonchev–Trinajstić information content (AvgIpc) is 3.48. The summed E-state index contributed by atoms with van der Waals surface area (Å²) in [5, 5.41) is 4.49. The molecule has 1 amide bonds. The monoisotopic (exact) mass is 447 g/mol. The highest BCUT2D eigenvalue weighted by atomic mass is 16.5. The molecule has 1 aliphatic heterocycles. The number of carbonyl (C=O) groups excluding carboxylic acids is 2. The number of aromatic nitrogens is 4. The Balaban J connectivity index is 1.40. The molecule has 0 spiro atoms. The highest BCUT2D eigenvalue weighted by Gasteiger charge is 2.32. The number of nitrogens with zero attached hydrogens (tertiary/aromatic N) is 5. The molecule has 9 nitrogen and oxygen atoms in total. The molecule has 170 valence electrons. The van der Waals surface area contributed by atoms with Gasteiger partial charge in [-0.1, -0.05) is 12.8 Å². The Labute approximate surface area is 191 Å². The lowest BCUT2D eigenvalue weighted by atomic mass is 9.86. The van der Waals surface area contributed by atoms with E-state index in [0.717, 1.165) is 37.5 Å². The Kier molecular flexibility index (Phi) is 5.53. The molecule has 9 heteroatoms. The van der Waals surface area contributed by atoms with Gasteiger partial charge >= 0.3 is 0 Å². The number of anilines is 1. The summed E-state index contributed by atoms with van der Waals surface area (Å²) in [6.45, 7) is 0.357. The number of amides is 1. The molecule has 1 aliphatic carbocycles. The van der Waals surface area contributed by atoms with Crippen LogP contribution in [0.4, 0.5) is 5.69 Å². The van der Waals surface area contributed by atoms with Crippen molar-refractivity contribution in [3.05, 3.63) is 48.0 Å². The van der Waals surface area contributed by atoms with E-state index in [1.54, 1.807) is 30.5 Å². The second-order valence-corrected chi connectivity index (χ2v) is 8.35. The normalized spacial score (nSPS) is 19.9. The van der Waals surface area contributed by atoms with Crippen LogP contribution >= 0.6 is 0 Å². The molecule has 3 aromatic rings. The summed E-state index contributed by atoms with van der Waals surface area (Å²) in [7, 11) is 3.09. The zero-order chi connectivity index (χ0) is 22.9. The van der Waals surface area contributed by atoms with Crippen LogP contribution in [-0.2, 0) is 11.3 Å². The number of aldehydes is 1. The van der Waals surface area contributed by atoms with E-state index < -0.39 is 0 Å². The van der Waals surface area contributed by atoms with Gasteiger partial charge in [0.05, 0.1) is 55.6 Å². The van der Waals surface area contributed by atoms with Gasteiger partial charge in [0, 0.05) is 23.9 Å². The summed E-state index contributed by atoms with van der Waals surface area (Å²) < 4.78 is 12.4. The molecule has 2 aliphatic rings. The van der Waals surface area contributed by atoms with Crippen molar-refractivity contribution in [1.82, 2.24) is 19.7 Å². The van der Waals surface area contributed by atoms with Crippen molar-refractivity contribution in [2.24, 2.45) is 5.92 Å². The third kappa shape index (κ3) is 3.73. The number of fused-ring (bicyclic) bond motifs is 1. The summed E-state index contributed by atoms with van der Waals surface area (Å²) in [6.07, 6.45) is 10.2. The van der Waals surface area contributed by atoms with Gasteiger partial charge in [0.2, 0.25) is 0 Å². The molecule has 5 rings (SSSR count). The highest BCUT2D eigenvalue weighted by molar-refractivity contribution is 6.09. The summed E-state index contributed by atoms with van der Waals surface area (Å²) >= 11 is 0. The van der Waals surface area contributed by atoms with Crippen LogP contribution in [0.1, 0.15) is 47.8 Å². The lowest BCUT2D eigenvalue weighted by molar-refractivity contribution is -0.113. The number of pyridine rings is 2. The Bertz CT molecular complexity index is 1210. The summed E-state index contributed by atoms with van der Waals surface area (Å²) in [4.78, 5) is 35.3. The first kappa shape index (κ1) is 21.1. The smallest absolute Gasteiger partial charge is 0.260 e. The Morgan fingerprint density at radius 2 is 1.97 bits per heavy atom. The molecular weight excluding hydrogens is 422 g/mol. The minimum Gasteiger partial charge on any atom is -0.491 e. The fourth-order valence-corrected chi connectivity index (χ4v) is 4.70. The van der Waals surface area contributed by atoms with E-state index in [2.05, 4.69) is 10.1 Å². The van der Waals surface area contributed by atoms with Crippen LogP contribution < -0.4 is 14.4 Å². The maximum atomic E-state index is 13.1. The molecule has 0 radical (unpaired) electrons. The van der Waals surface area contributed by atoms with Gasteiger partial charge in [-0.25, -0.2) is 4.98 Å². The minimum absolute atomic E-state index is 0.0303. The number of rotatable bonds is 6. The minimum atomic E-state index is -0.107. The predicted molar refractivity (Wildman–Crippen MR) is 120 cm³/mol. The van der Waals surface area contributed by atoms with E-state index in [4.69, 9.17) is 14.5 Å². The third-order valence-corrected chi connectivity index (χ3v) is 6.48.